The quantitative estimate of drug-likeness (QED) is 0.768. The molecule has 8 heteroatoms. The van der Waals surface area contributed by atoms with E-state index in [1.807, 2.05) is 9.80 Å². The van der Waals surface area contributed by atoms with Crippen LogP contribution in [0.1, 0.15) is 23.2 Å². The molecule has 6 nitrogen and oxygen atoms in total. The number of rotatable bonds is 3. The lowest BCUT2D eigenvalue weighted by atomic mass is 9.82. The van der Waals surface area contributed by atoms with Crippen molar-refractivity contribution in [3.8, 4) is 0 Å². The number of aliphatic hydroxyl groups excluding tert-OH is 1. The van der Waals surface area contributed by atoms with Crippen molar-refractivity contribution in [1.29, 1.82) is 0 Å². The van der Waals surface area contributed by atoms with Gasteiger partial charge in [0.15, 0.2) is 0 Å². The average Bonchev–Trinajstić information content (AvgIpc) is 3.25. The predicted octanol–water partition coefficient (Wildman–Crippen LogP) is 1.65. The van der Waals surface area contributed by atoms with E-state index in [2.05, 4.69) is 5.32 Å². The van der Waals surface area contributed by atoms with Crippen LogP contribution in [0.3, 0.4) is 0 Å². The number of amides is 2. The van der Waals surface area contributed by atoms with Crippen LogP contribution in [0.25, 0.3) is 0 Å². The first-order valence-electron chi connectivity index (χ1n) is 9.68. The molecule has 3 aliphatic rings. The van der Waals surface area contributed by atoms with Crippen molar-refractivity contribution in [1.82, 2.24) is 15.1 Å². The molecule has 154 valence electrons. The van der Waals surface area contributed by atoms with Crippen LogP contribution in [0.5, 0.6) is 0 Å². The summed E-state index contributed by atoms with van der Waals surface area (Å²) in [6, 6.07) is 6.93. The second-order valence-electron chi connectivity index (χ2n) is 8.14. The van der Waals surface area contributed by atoms with Crippen LogP contribution < -0.4 is 5.32 Å². The molecule has 2 unspecified atom stereocenters. The fourth-order valence-corrected chi connectivity index (χ4v) is 4.90. The van der Waals surface area contributed by atoms with Crippen LogP contribution in [-0.4, -0.2) is 72.6 Å². The molecule has 0 saturated carbocycles. The number of aliphatic hydroxyl groups is 1. The minimum absolute atomic E-state index is 0. The number of likely N-dealkylation sites (tertiary alicyclic amines) is 2. The molecule has 28 heavy (non-hydrogen) atoms. The number of carbonyl (C=O) groups is 2. The molecule has 3 aliphatic heterocycles. The van der Waals surface area contributed by atoms with Gasteiger partial charge in [-0.2, -0.15) is 0 Å². The average molecular weight is 428 g/mol. The topological polar surface area (TPSA) is 72.9 Å². The molecule has 2 atom stereocenters. The Hall–Kier alpha value is -1.34. The lowest BCUT2D eigenvalue weighted by Gasteiger charge is -2.34. The van der Waals surface area contributed by atoms with Crippen molar-refractivity contribution in [2.75, 3.05) is 45.9 Å². The third-order valence-corrected chi connectivity index (χ3v) is 6.78. The molecule has 4 rings (SSSR count). The highest BCUT2D eigenvalue weighted by molar-refractivity contribution is 6.30. The second kappa shape index (κ2) is 8.57. The smallest absolute Gasteiger partial charge is 0.253 e. The lowest BCUT2D eigenvalue weighted by molar-refractivity contribution is -0.136. The van der Waals surface area contributed by atoms with E-state index in [9.17, 15) is 14.7 Å². The molecule has 2 amide bonds. The Labute approximate surface area is 176 Å². The Morgan fingerprint density at radius 3 is 2.46 bits per heavy atom. The second-order valence-corrected chi connectivity index (χ2v) is 8.58. The van der Waals surface area contributed by atoms with Gasteiger partial charge in [0.25, 0.3) is 5.91 Å². The third kappa shape index (κ3) is 3.88. The molecule has 2 N–H and O–H groups in total. The normalized spacial score (nSPS) is 27.4. The minimum Gasteiger partial charge on any atom is -0.396 e. The van der Waals surface area contributed by atoms with Crippen molar-refractivity contribution in [2.45, 2.75) is 12.8 Å². The van der Waals surface area contributed by atoms with E-state index in [0.717, 1.165) is 19.6 Å². The van der Waals surface area contributed by atoms with Gasteiger partial charge in [0.2, 0.25) is 5.91 Å². The Morgan fingerprint density at radius 1 is 1.18 bits per heavy atom. The number of carbonyl (C=O) groups excluding carboxylic acids is 2. The van der Waals surface area contributed by atoms with Crippen LogP contribution in [0, 0.1) is 17.3 Å². The zero-order valence-electron chi connectivity index (χ0n) is 15.8. The summed E-state index contributed by atoms with van der Waals surface area (Å²) < 4.78 is 0. The summed E-state index contributed by atoms with van der Waals surface area (Å²) in [4.78, 5) is 29.4. The zero-order chi connectivity index (χ0) is 19.0. The number of fused-ring (bicyclic) bond motifs is 1. The Morgan fingerprint density at radius 2 is 1.86 bits per heavy atom. The fraction of sp³-hybridized carbons (Fsp3) is 0.600. The summed E-state index contributed by atoms with van der Waals surface area (Å²) >= 11 is 5.89. The molecule has 0 spiro atoms. The van der Waals surface area contributed by atoms with E-state index in [0.29, 0.717) is 49.0 Å². The molecule has 3 saturated heterocycles. The monoisotopic (exact) mass is 427 g/mol. The number of nitrogens with one attached hydrogen (secondary N) is 1. The molecule has 0 bridgehead atoms. The van der Waals surface area contributed by atoms with Crippen molar-refractivity contribution >= 4 is 35.8 Å². The molecule has 1 aromatic rings. The van der Waals surface area contributed by atoms with E-state index in [4.69, 9.17) is 11.6 Å². The highest BCUT2D eigenvalue weighted by atomic mass is 35.5. The molecular formula is C20H27Cl2N3O3. The molecular weight excluding hydrogens is 401 g/mol. The largest absolute Gasteiger partial charge is 0.396 e. The van der Waals surface area contributed by atoms with Crippen molar-refractivity contribution in [2.24, 2.45) is 17.3 Å². The van der Waals surface area contributed by atoms with Crippen LogP contribution in [0.2, 0.25) is 5.02 Å². The number of piperidine rings is 1. The van der Waals surface area contributed by atoms with Gasteiger partial charge in [-0.05, 0) is 43.0 Å². The first kappa shape index (κ1) is 21.4. The van der Waals surface area contributed by atoms with Gasteiger partial charge in [-0.15, -0.1) is 12.4 Å². The fourth-order valence-electron chi connectivity index (χ4n) is 4.78. The SMILES string of the molecule is Cl.O=C(c1ccc(Cl)cc1)N1CCC(C(=O)N2CC3CNCC3(CO)C2)CC1. The zero-order valence-corrected chi connectivity index (χ0v) is 17.3. The summed E-state index contributed by atoms with van der Waals surface area (Å²) in [5, 5.41) is 13.8. The number of hydrogen-bond acceptors (Lipinski definition) is 4. The summed E-state index contributed by atoms with van der Waals surface area (Å²) in [6.45, 7) is 4.36. The number of nitrogens with zero attached hydrogens (tertiary/aromatic N) is 2. The number of halogens is 2. The van der Waals surface area contributed by atoms with E-state index in [1.165, 1.54) is 0 Å². The molecule has 0 radical (unpaired) electrons. The van der Waals surface area contributed by atoms with Gasteiger partial charge >= 0.3 is 0 Å². The van der Waals surface area contributed by atoms with E-state index >= 15 is 0 Å². The van der Waals surface area contributed by atoms with Crippen molar-refractivity contribution < 1.29 is 14.7 Å². The predicted molar refractivity (Wildman–Crippen MR) is 110 cm³/mol. The number of hydrogen-bond donors (Lipinski definition) is 2. The Kier molecular flexibility index (Phi) is 6.54. The maximum Gasteiger partial charge on any atom is 0.253 e. The van der Waals surface area contributed by atoms with Crippen LogP contribution in [0.15, 0.2) is 24.3 Å². The van der Waals surface area contributed by atoms with E-state index in [1.54, 1.807) is 24.3 Å². The maximum atomic E-state index is 13.0. The molecule has 1 aromatic carbocycles. The van der Waals surface area contributed by atoms with Gasteiger partial charge in [-0.3, -0.25) is 9.59 Å². The highest BCUT2D eigenvalue weighted by Gasteiger charge is 2.51. The van der Waals surface area contributed by atoms with E-state index < -0.39 is 0 Å². The molecule has 0 aliphatic carbocycles. The first-order valence-corrected chi connectivity index (χ1v) is 10.1. The van der Waals surface area contributed by atoms with Crippen molar-refractivity contribution in [3.63, 3.8) is 0 Å². The Balaban J connectivity index is 0.00000225. The standard InChI is InChI=1S/C20H26ClN3O3.ClH/c21-17-3-1-14(2-4-17)18(26)23-7-5-15(6-8-23)19(27)24-10-16-9-22-11-20(16,12-24)13-25;/h1-4,15-16,22,25H,5-13H2;1H. The number of benzene rings is 1. The summed E-state index contributed by atoms with van der Waals surface area (Å²) in [7, 11) is 0. The highest BCUT2D eigenvalue weighted by Crippen LogP contribution is 2.39. The summed E-state index contributed by atoms with van der Waals surface area (Å²) in [5.74, 6) is 0.509. The van der Waals surface area contributed by atoms with Crippen LogP contribution in [-0.2, 0) is 4.79 Å². The molecule has 3 fully saturated rings. The van der Waals surface area contributed by atoms with Gasteiger partial charge < -0.3 is 20.2 Å². The van der Waals surface area contributed by atoms with Gasteiger partial charge in [-0.1, -0.05) is 11.6 Å². The summed E-state index contributed by atoms with van der Waals surface area (Å²) in [6.07, 6.45) is 1.40. The molecule has 3 heterocycles. The third-order valence-electron chi connectivity index (χ3n) is 6.53. The van der Waals surface area contributed by atoms with Crippen molar-refractivity contribution in [3.05, 3.63) is 34.9 Å². The Bertz CT molecular complexity index is 722. The minimum atomic E-state index is -0.166. The molecule has 0 aromatic heterocycles. The van der Waals surface area contributed by atoms with Gasteiger partial charge in [0.1, 0.15) is 0 Å². The van der Waals surface area contributed by atoms with Gasteiger partial charge in [0.05, 0.1) is 6.61 Å². The van der Waals surface area contributed by atoms with Crippen LogP contribution in [0.4, 0.5) is 0 Å². The van der Waals surface area contributed by atoms with Gasteiger partial charge in [0, 0.05) is 61.2 Å². The summed E-state index contributed by atoms with van der Waals surface area (Å²) in [5.41, 5.74) is 0.468. The first-order chi connectivity index (χ1) is 13.0. The maximum absolute atomic E-state index is 13.0. The van der Waals surface area contributed by atoms with E-state index in [-0.39, 0.29) is 42.2 Å². The van der Waals surface area contributed by atoms with Gasteiger partial charge in [-0.25, -0.2) is 0 Å². The lowest BCUT2D eigenvalue weighted by Crippen LogP contribution is -2.45. The van der Waals surface area contributed by atoms with Crippen LogP contribution >= 0.6 is 24.0 Å².